The maximum absolute atomic E-state index is 12.0. The van der Waals surface area contributed by atoms with Gasteiger partial charge in [0.1, 0.15) is 11.5 Å². The van der Waals surface area contributed by atoms with E-state index in [1.165, 1.54) is 35.1 Å². The number of hydrogen-bond donors (Lipinski definition) is 0. The minimum absolute atomic E-state index is 0.256. The summed E-state index contributed by atoms with van der Waals surface area (Å²) >= 11 is 0. The fourth-order valence-corrected chi connectivity index (χ4v) is 4.97. The van der Waals surface area contributed by atoms with Crippen LogP contribution < -0.4 is 4.74 Å². The number of methoxy groups -OCH3 is 1. The van der Waals surface area contributed by atoms with Crippen LogP contribution in [0.4, 0.5) is 0 Å². The molecule has 0 N–H and O–H groups in total. The Balaban J connectivity index is 1.74. The Morgan fingerprint density at radius 1 is 1.18 bits per heavy atom. The van der Waals surface area contributed by atoms with E-state index in [1.54, 1.807) is 7.11 Å². The molecule has 3 aliphatic rings. The minimum atomic E-state index is 0.256. The van der Waals surface area contributed by atoms with Crippen LogP contribution in [0.5, 0.6) is 5.75 Å². The number of ketones is 1. The van der Waals surface area contributed by atoms with Gasteiger partial charge in [0.05, 0.1) is 7.11 Å². The summed E-state index contributed by atoms with van der Waals surface area (Å²) in [6.07, 6.45) is 8.48. The predicted octanol–water partition coefficient (Wildman–Crippen LogP) is 4.21. The van der Waals surface area contributed by atoms with Gasteiger partial charge in [-0.1, -0.05) is 24.6 Å². The molecule has 0 saturated heterocycles. The maximum atomic E-state index is 12.0. The number of benzene rings is 1. The molecule has 0 radical (unpaired) electrons. The Bertz CT molecular complexity index is 656. The second-order valence-corrected chi connectivity index (χ2v) is 6.97. The number of ether oxygens (including phenoxy) is 1. The zero-order valence-electron chi connectivity index (χ0n) is 13.5. The van der Waals surface area contributed by atoms with E-state index in [2.05, 4.69) is 25.1 Å². The van der Waals surface area contributed by atoms with Crippen LogP contribution in [0.3, 0.4) is 0 Å². The fraction of sp³-hybridized carbons (Fsp3) is 0.550. The number of fused-ring (bicyclic) bond motifs is 5. The molecule has 3 atom stereocenters. The van der Waals surface area contributed by atoms with E-state index in [4.69, 9.17) is 4.74 Å². The fourth-order valence-electron chi connectivity index (χ4n) is 4.97. The highest BCUT2D eigenvalue weighted by Gasteiger charge is 2.42. The second kappa shape index (κ2) is 5.26. The number of carbonyl (C=O) groups is 1. The summed E-state index contributed by atoms with van der Waals surface area (Å²) in [6.45, 7) is 2.19. The Kier molecular flexibility index (Phi) is 3.36. The number of carbonyl (C=O) groups excluding carboxylic acids is 1. The molecule has 2 heteroatoms. The summed E-state index contributed by atoms with van der Waals surface area (Å²) < 4.78 is 5.57. The minimum Gasteiger partial charge on any atom is -0.496 e. The average molecular weight is 296 g/mol. The highest BCUT2D eigenvalue weighted by molar-refractivity contribution is 5.88. The number of rotatable bonds is 2. The van der Waals surface area contributed by atoms with Crippen LogP contribution in [0.1, 0.15) is 55.2 Å². The molecule has 0 unspecified atom stereocenters. The van der Waals surface area contributed by atoms with Gasteiger partial charge in [-0.2, -0.15) is 0 Å². The zero-order chi connectivity index (χ0) is 15.3. The highest BCUT2D eigenvalue weighted by atomic mass is 16.5. The molecule has 1 aromatic carbocycles. The van der Waals surface area contributed by atoms with Gasteiger partial charge in [-0.05, 0) is 66.7 Å². The Hall–Kier alpha value is -1.57. The lowest BCUT2D eigenvalue weighted by Gasteiger charge is -2.41. The molecule has 0 bridgehead atoms. The molecule has 3 aliphatic carbocycles. The molecule has 1 saturated carbocycles. The first-order valence-corrected chi connectivity index (χ1v) is 8.65. The van der Waals surface area contributed by atoms with Gasteiger partial charge in [-0.3, -0.25) is 4.79 Å². The predicted molar refractivity (Wildman–Crippen MR) is 87.4 cm³/mol. The third-order valence-electron chi connectivity index (χ3n) is 6.06. The van der Waals surface area contributed by atoms with Crippen molar-refractivity contribution >= 4 is 5.78 Å². The molecule has 0 spiro atoms. The summed E-state index contributed by atoms with van der Waals surface area (Å²) in [4.78, 5) is 12.0. The lowest BCUT2D eigenvalue weighted by atomic mass is 9.63. The van der Waals surface area contributed by atoms with Gasteiger partial charge in [0.2, 0.25) is 0 Å². The van der Waals surface area contributed by atoms with E-state index >= 15 is 0 Å². The smallest absolute Gasteiger partial charge is 0.143 e. The maximum Gasteiger partial charge on any atom is 0.143 e. The molecule has 0 amide bonds. The molecule has 116 valence electrons. The van der Waals surface area contributed by atoms with E-state index in [-0.39, 0.29) is 5.92 Å². The zero-order valence-corrected chi connectivity index (χ0v) is 13.5. The van der Waals surface area contributed by atoms with Gasteiger partial charge in [0.15, 0.2) is 0 Å². The molecular weight excluding hydrogens is 272 g/mol. The van der Waals surface area contributed by atoms with Crippen molar-refractivity contribution in [3.8, 4) is 5.75 Å². The lowest BCUT2D eigenvalue weighted by molar-refractivity contribution is -0.120. The van der Waals surface area contributed by atoms with Gasteiger partial charge in [0, 0.05) is 12.3 Å². The van der Waals surface area contributed by atoms with Crippen molar-refractivity contribution in [1.82, 2.24) is 0 Å². The van der Waals surface area contributed by atoms with Crippen molar-refractivity contribution in [3.05, 3.63) is 40.5 Å². The first-order valence-electron chi connectivity index (χ1n) is 8.65. The topological polar surface area (TPSA) is 26.3 Å². The van der Waals surface area contributed by atoms with Crippen molar-refractivity contribution in [2.24, 2.45) is 11.8 Å². The van der Waals surface area contributed by atoms with Crippen LogP contribution in [0.15, 0.2) is 23.8 Å². The molecule has 4 rings (SSSR count). The van der Waals surface area contributed by atoms with Gasteiger partial charge in [-0.15, -0.1) is 0 Å². The van der Waals surface area contributed by atoms with Crippen molar-refractivity contribution in [3.63, 3.8) is 0 Å². The highest BCUT2D eigenvalue weighted by Crippen LogP contribution is 2.52. The van der Waals surface area contributed by atoms with E-state index in [9.17, 15) is 4.79 Å². The summed E-state index contributed by atoms with van der Waals surface area (Å²) in [5.74, 6) is 2.99. The largest absolute Gasteiger partial charge is 0.496 e. The first kappa shape index (κ1) is 14.0. The van der Waals surface area contributed by atoms with Crippen LogP contribution >= 0.6 is 0 Å². The molecule has 0 heterocycles. The summed E-state index contributed by atoms with van der Waals surface area (Å²) in [6, 6.07) is 4.66. The average Bonchev–Trinajstić information content (AvgIpc) is 2.94. The van der Waals surface area contributed by atoms with Crippen LogP contribution in [0.25, 0.3) is 0 Å². The van der Waals surface area contributed by atoms with Gasteiger partial charge in [-0.25, -0.2) is 0 Å². The van der Waals surface area contributed by atoms with E-state index in [0.29, 0.717) is 24.0 Å². The standard InChI is InChI=1S/C20H24O2/c1-3-12-10-18-13(11-20(12)22-2)4-5-14-15-8-9-19(21)17(15)7-6-16(14)18/h8,10-11,14,16-17H,3-7,9H2,1-2H3/t14-,16-,17-/m0/s1. The van der Waals surface area contributed by atoms with E-state index in [1.807, 2.05) is 0 Å². The number of allylic oxidation sites excluding steroid dienone is 2. The first-order chi connectivity index (χ1) is 10.7. The van der Waals surface area contributed by atoms with Crippen molar-refractivity contribution in [1.29, 1.82) is 0 Å². The molecule has 0 aromatic heterocycles. The van der Waals surface area contributed by atoms with Crippen LogP contribution in [0.2, 0.25) is 0 Å². The van der Waals surface area contributed by atoms with Crippen molar-refractivity contribution in [2.45, 2.75) is 51.4 Å². The molecular formula is C20H24O2. The quantitative estimate of drug-likeness (QED) is 0.764. The Morgan fingerprint density at radius 2 is 2.05 bits per heavy atom. The number of hydrogen-bond acceptors (Lipinski definition) is 2. The summed E-state index contributed by atoms with van der Waals surface area (Å²) in [5.41, 5.74) is 5.80. The third-order valence-corrected chi connectivity index (χ3v) is 6.06. The van der Waals surface area contributed by atoms with Gasteiger partial charge in [0.25, 0.3) is 0 Å². The van der Waals surface area contributed by atoms with Crippen molar-refractivity contribution in [2.75, 3.05) is 7.11 Å². The normalized spacial score (nSPS) is 29.5. The molecule has 22 heavy (non-hydrogen) atoms. The number of Topliss-reactive ketones (excluding diaryl/α,β-unsaturated/α-hetero) is 1. The SMILES string of the molecule is CCc1cc2c(cc1OC)CC[C@H]1C3=CCC(=O)[C@H]3CC[C@H]21. The Morgan fingerprint density at radius 3 is 2.82 bits per heavy atom. The Labute approximate surface area is 132 Å². The second-order valence-electron chi connectivity index (χ2n) is 6.97. The number of aryl methyl sites for hydroxylation is 2. The molecule has 2 nitrogen and oxygen atoms in total. The van der Waals surface area contributed by atoms with Gasteiger partial charge >= 0.3 is 0 Å². The van der Waals surface area contributed by atoms with Crippen LogP contribution in [-0.2, 0) is 17.6 Å². The molecule has 1 fully saturated rings. The molecule has 1 aromatic rings. The summed E-state index contributed by atoms with van der Waals surface area (Å²) in [7, 11) is 1.77. The van der Waals surface area contributed by atoms with E-state index < -0.39 is 0 Å². The van der Waals surface area contributed by atoms with Crippen LogP contribution in [-0.4, -0.2) is 12.9 Å². The monoisotopic (exact) mass is 296 g/mol. The van der Waals surface area contributed by atoms with E-state index in [0.717, 1.165) is 25.0 Å². The molecule has 0 aliphatic heterocycles. The van der Waals surface area contributed by atoms with Gasteiger partial charge < -0.3 is 4.74 Å². The third kappa shape index (κ3) is 1.96. The van der Waals surface area contributed by atoms with Crippen molar-refractivity contribution < 1.29 is 9.53 Å². The summed E-state index contributed by atoms with van der Waals surface area (Å²) in [5, 5.41) is 0. The van der Waals surface area contributed by atoms with Crippen LogP contribution in [0, 0.1) is 11.8 Å². The lowest BCUT2D eigenvalue weighted by Crippen LogP contribution is -2.31.